The van der Waals surface area contributed by atoms with Gasteiger partial charge in [-0.15, -0.1) is 0 Å². The largest absolute Gasteiger partial charge is 0.352 e. The third-order valence-electron chi connectivity index (χ3n) is 3.28. The summed E-state index contributed by atoms with van der Waals surface area (Å²) >= 11 is 0. The topological polar surface area (TPSA) is 75.6 Å². The van der Waals surface area contributed by atoms with Gasteiger partial charge in [0, 0.05) is 7.05 Å². The number of hydrazine groups is 2. The molecule has 1 aromatic carbocycles. The average molecular weight is 248 g/mol. The summed E-state index contributed by atoms with van der Waals surface area (Å²) in [6.45, 7) is 2.12. The van der Waals surface area contributed by atoms with E-state index in [9.17, 15) is 4.79 Å². The van der Waals surface area contributed by atoms with Gasteiger partial charge in [-0.05, 0) is 42.4 Å². The lowest BCUT2D eigenvalue weighted by molar-refractivity contribution is 0.216. The van der Waals surface area contributed by atoms with Crippen molar-refractivity contribution in [1.29, 1.82) is 0 Å². The Kier molecular flexibility index (Phi) is 3.54. The zero-order valence-corrected chi connectivity index (χ0v) is 10.9. The molecule has 1 saturated carbocycles. The van der Waals surface area contributed by atoms with Gasteiger partial charge in [0.05, 0.1) is 5.69 Å². The molecule has 18 heavy (non-hydrogen) atoms. The van der Waals surface area contributed by atoms with Gasteiger partial charge in [-0.1, -0.05) is 19.1 Å². The van der Waals surface area contributed by atoms with Crippen LogP contribution in [0.1, 0.15) is 36.8 Å². The maximum atomic E-state index is 11.8. The summed E-state index contributed by atoms with van der Waals surface area (Å²) < 4.78 is 0. The molecule has 0 spiro atoms. The zero-order chi connectivity index (χ0) is 13.3. The smallest absolute Gasteiger partial charge is 0.264 e. The van der Waals surface area contributed by atoms with E-state index in [1.165, 1.54) is 25.5 Å². The molecule has 0 aromatic heterocycles. The van der Waals surface area contributed by atoms with Gasteiger partial charge in [-0.3, -0.25) is 5.01 Å². The molecule has 1 fully saturated rings. The van der Waals surface area contributed by atoms with Gasteiger partial charge in [-0.25, -0.2) is 21.5 Å². The first kappa shape index (κ1) is 12.9. The van der Waals surface area contributed by atoms with Gasteiger partial charge in [-0.2, -0.15) is 0 Å². The number of urea groups is 1. The van der Waals surface area contributed by atoms with Crippen LogP contribution in [0.3, 0.4) is 0 Å². The van der Waals surface area contributed by atoms with Crippen molar-refractivity contribution in [3.63, 3.8) is 0 Å². The van der Waals surface area contributed by atoms with E-state index in [1.807, 2.05) is 12.1 Å². The molecule has 98 valence electrons. The van der Waals surface area contributed by atoms with E-state index in [4.69, 9.17) is 11.7 Å². The van der Waals surface area contributed by atoms with Crippen molar-refractivity contribution < 1.29 is 4.79 Å². The van der Waals surface area contributed by atoms with Crippen LogP contribution in [0.5, 0.6) is 0 Å². The van der Waals surface area contributed by atoms with Crippen LogP contribution in [0, 0.1) is 0 Å². The molecule has 0 radical (unpaired) electrons. The van der Waals surface area contributed by atoms with E-state index in [1.54, 1.807) is 0 Å². The number of aryl methyl sites for hydroxylation is 1. The van der Waals surface area contributed by atoms with Crippen LogP contribution in [-0.4, -0.2) is 18.1 Å². The number of rotatable bonds is 3. The van der Waals surface area contributed by atoms with Gasteiger partial charge in [0.15, 0.2) is 0 Å². The van der Waals surface area contributed by atoms with E-state index in [2.05, 4.69) is 13.0 Å². The summed E-state index contributed by atoms with van der Waals surface area (Å²) in [4.78, 5) is 11.8. The Balaban J connectivity index is 2.34. The van der Waals surface area contributed by atoms with Crippen LogP contribution in [-0.2, 0) is 6.42 Å². The number of hydrogen-bond acceptors (Lipinski definition) is 3. The molecular weight excluding hydrogens is 228 g/mol. The fourth-order valence-electron chi connectivity index (χ4n) is 2.04. The normalized spacial score (nSPS) is 14.4. The van der Waals surface area contributed by atoms with E-state index in [-0.39, 0.29) is 0 Å². The highest BCUT2D eigenvalue weighted by Gasteiger charge is 2.29. The minimum absolute atomic E-state index is 0.416. The number of hydrogen-bond donors (Lipinski definition) is 2. The standard InChI is InChI=1S/C13H20N4O/c1-3-9-4-7-12(11(8-9)10-5-6-10)17(15)13(18)16(2)14/h4,7-8,10H,3,5-6,14-15H2,1-2H3. The highest BCUT2D eigenvalue weighted by atomic mass is 16.2. The third-order valence-corrected chi connectivity index (χ3v) is 3.28. The molecule has 1 aromatic rings. The molecule has 0 heterocycles. The Morgan fingerprint density at radius 2 is 2.06 bits per heavy atom. The average Bonchev–Trinajstić information content (AvgIpc) is 3.20. The van der Waals surface area contributed by atoms with Crippen molar-refractivity contribution in [2.75, 3.05) is 12.1 Å². The number of carbonyl (C=O) groups excluding carboxylic acids is 1. The van der Waals surface area contributed by atoms with Crippen LogP contribution in [0.15, 0.2) is 18.2 Å². The van der Waals surface area contributed by atoms with Gasteiger partial charge in [0.2, 0.25) is 0 Å². The minimum atomic E-state index is -0.416. The third kappa shape index (κ3) is 2.47. The van der Waals surface area contributed by atoms with Gasteiger partial charge < -0.3 is 0 Å². The van der Waals surface area contributed by atoms with Crippen molar-refractivity contribution in [3.8, 4) is 0 Å². The zero-order valence-electron chi connectivity index (χ0n) is 10.9. The van der Waals surface area contributed by atoms with Crippen molar-refractivity contribution >= 4 is 11.7 Å². The summed E-state index contributed by atoms with van der Waals surface area (Å²) in [6, 6.07) is 5.65. The molecule has 1 aliphatic carbocycles. The molecule has 2 amide bonds. The number of nitrogens with zero attached hydrogens (tertiary/aromatic N) is 2. The van der Waals surface area contributed by atoms with Crippen LogP contribution in [0.2, 0.25) is 0 Å². The van der Waals surface area contributed by atoms with Crippen molar-refractivity contribution in [3.05, 3.63) is 29.3 Å². The Hall–Kier alpha value is -1.59. The molecule has 1 aliphatic rings. The quantitative estimate of drug-likeness (QED) is 0.486. The van der Waals surface area contributed by atoms with Crippen LogP contribution < -0.4 is 16.7 Å². The molecule has 2 rings (SSSR count). The highest BCUT2D eigenvalue weighted by molar-refractivity contribution is 5.91. The van der Waals surface area contributed by atoms with Gasteiger partial charge >= 0.3 is 6.03 Å². The van der Waals surface area contributed by atoms with Crippen molar-refractivity contribution in [2.24, 2.45) is 11.7 Å². The van der Waals surface area contributed by atoms with Crippen molar-refractivity contribution in [2.45, 2.75) is 32.1 Å². The molecule has 5 nitrogen and oxygen atoms in total. The predicted octanol–water partition coefficient (Wildman–Crippen LogP) is 1.73. The lowest BCUT2D eigenvalue weighted by atomic mass is 10.0. The summed E-state index contributed by atoms with van der Waals surface area (Å²) in [5.74, 6) is 11.8. The fourth-order valence-corrected chi connectivity index (χ4v) is 2.04. The molecule has 0 saturated heterocycles. The Bertz CT molecular complexity index is 454. The lowest BCUT2D eigenvalue weighted by Crippen LogP contribution is -2.48. The van der Waals surface area contributed by atoms with Crippen LogP contribution >= 0.6 is 0 Å². The SMILES string of the molecule is CCc1ccc(N(N)C(=O)N(C)N)c(C2CC2)c1. The maximum Gasteiger partial charge on any atom is 0.352 e. The highest BCUT2D eigenvalue weighted by Crippen LogP contribution is 2.44. The number of nitrogens with two attached hydrogens (primary N) is 2. The van der Waals surface area contributed by atoms with Crippen LogP contribution in [0.4, 0.5) is 10.5 Å². The molecule has 0 unspecified atom stereocenters. The molecular formula is C13H20N4O. The number of amides is 2. The maximum absolute atomic E-state index is 11.8. The Morgan fingerprint density at radius 3 is 2.56 bits per heavy atom. The summed E-state index contributed by atoms with van der Waals surface area (Å²) in [6.07, 6.45) is 3.32. The molecule has 0 atom stereocenters. The minimum Gasteiger partial charge on any atom is -0.264 e. The molecule has 5 heteroatoms. The second kappa shape index (κ2) is 4.96. The van der Waals surface area contributed by atoms with E-state index >= 15 is 0 Å². The van der Waals surface area contributed by atoms with Crippen LogP contribution in [0.25, 0.3) is 0 Å². The number of benzene rings is 1. The van der Waals surface area contributed by atoms with Gasteiger partial charge in [0.25, 0.3) is 0 Å². The second-order valence-electron chi connectivity index (χ2n) is 4.78. The molecule has 0 bridgehead atoms. The summed E-state index contributed by atoms with van der Waals surface area (Å²) in [5.41, 5.74) is 3.19. The summed E-state index contributed by atoms with van der Waals surface area (Å²) in [7, 11) is 1.49. The lowest BCUT2D eigenvalue weighted by Gasteiger charge is -2.23. The number of carbonyl (C=O) groups is 1. The Labute approximate surface area is 107 Å². The first-order chi connectivity index (χ1) is 8.54. The predicted molar refractivity (Wildman–Crippen MR) is 71.8 cm³/mol. The first-order valence-corrected chi connectivity index (χ1v) is 6.24. The summed E-state index contributed by atoms with van der Waals surface area (Å²) in [5, 5.41) is 2.12. The number of anilines is 1. The van der Waals surface area contributed by atoms with Gasteiger partial charge in [0.1, 0.15) is 0 Å². The van der Waals surface area contributed by atoms with Crippen molar-refractivity contribution in [1.82, 2.24) is 5.01 Å². The Morgan fingerprint density at radius 1 is 1.39 bits per heavy atom. The fraction of sp³-hybridized carbons (Fsp3) is 0.462. The van der Waals surface area contributed by atoms with E-state index < -0.39 is 6.03 Å². The monoisotopic (exact) mass is 248 g/mol. The first-order valence-electron chi connectivity index (χ1n) is 6.24. The molecule has 4 N–H and O–H groups in total. The van der Waals surface area contributed by atoms with E-state index in [0.717, 1.165) is 27.7 Å². The van der Waals surface area contributed by atoms with E-state index in [0.29, 0.717) is 5.92 Å². The second-order valence-corrected chi connectivity index (χ2v) is 4.78. The molecule has 0 aliphatic heterocycles.